The lowest BCUT2D eigenvalue weighted by Gasteiger charge is -2.29. The molecule has 0 unspecified atom stereocenters. The van der Waals surface area contributed by atoms with Gasteiger partial charge in [-0.15, -0.1) is 10.2 Å². The number of amides is 1. The van der Waals surface area contributed by atoms with Crippen molar-refractivity contribution >= 4 is 22.5 Å². The lowest BCUT2D eigenvalue weighted by Crippen LogP contribution is -2.36. The van der Waals surface area contributed by atoms with Gasteiger partial charge in [-0.2, -0.15) is 0 Å². The van der Waals surface area contributed by atoms with Crippen molar-refractivity contribution in [1.82, 2.24) is 10.2 Å². The molecule has 1 amide bonds. The summed E-state index contributed by atoms with van der Waals surface area (Å²) < 4.78 is 0. The molecular formula is C18H15N3O. The van der Waals surface area contributed by atoms with Crippen molar-refractivity contribution < 1.29 is 4.79 Å². The van der Waals surface area contributed by atoms with Gasteiger partial charge < -0.3 is 4.90 Å². The van der Waals surface area contributed by atoms with E-state index in [-0.39, 0.29) is 5.91 Å². The first kappa shape index (κ1) is 13.0. The molecule has 4 rings (SSSR count). The van der Waals surface area contributed by atoms with Crippen molar-refractivity contribution in [3.8, 4) is 0 Å². The largest absolute Gasteiger partial charge is 0.307 e. The van der Waals surface area contributed by atoms with E-state index in [4.69, 9.17) is 0 Å². The standard InChI is InChI=1S/C18H15N3O/c22-18(16-12-14-7-1-3-9-15(14)19-20-16)21-11-5-8-13-6-2-4-10-17(13)21/h1-4,6-7,9-10,12H,5,8,11H2. The van der Waals surface area contributed by atoms with Crippen LogP contribution < -0.4 is 4.90 Å². The summed E-state index contributed by atoms with van der Waals surface area (Å²) in [7, 11) is 0. The highest BCUT2D eigenvalue weighted by molar-refractivity contribution is 6.06. The number of rotatable bonds is 1. The number of benzene rings is 2. The van der Waals surface area contributed by atoms with E-state index in [1.807, 2.05) is 53.4 Å². The van der Waals surface area contributed by atoms with Gasteiger partial charge in [0.25, 0.3) is 5.91 Å². The molecule has 4 nitrogen and oxygen atoms in total. The van der Waals surface area contributed by atoms with Crippen LogP contribution in [0.4, 0.5) is 5.69 Å². The Balaban J connectivity index is 1.75. The van der Waals surface area contributed by atoms with E-state index in [1.54, 1.807) is 0 Å². The highest BCUT2D eigenvalue weighted by Crippen LogP contribution is 2.28. The van der Waals surface area contributed by atoms with Crippen LogP contribution in [0.15, 0.2) is 54.6 Å². The van der Waals surface area contributed by atoms with Crippen molar-refractivity contribution in [2.75, 3.05) is 11.4 Å². The second-order valence-electron chi connectivity index (χ2n) is 5.48. The fourth-order valence-corrected chi connectivity index (χ4v) is 2.97. The summed E-state index contributed by atoms with van der Waals surface area (Å²) in [6.45, 7) is 0.727. The van der Waals surface area contributed by atoms with Crippen molar-refractivity contribution in [1.29, 1.82) is 0 Å². The monoisotopic (exact) mass is 289 g/mol. The summed E-state index contributed by atoms with van der Waals surface area (Å²) in [6.07, 6.45) is 1.99. The molecule has 0 N–H and O–H groups in total. The Labute approximate surface area is 128 Å². The summed E-state index contributed by atoms with van der Waals surface area (Å²) in [5.41, 5.74) is 3.41. The molecule has 2 heterocycles. The molecule has 0 radical (unpaired) electrons. The van der Waals surface area contributed by atoms with E-state index < -0.39 is 0 Å². The predicted molar refractivity (Wildman–Crippen MR) is 86.0 cm³/mol. The van der Waals surface area contributed by atoms with E-state index in [1.165, 1.54) is 5.56 Å². The highest BCUT2D eigenvalue weighted by Gasteiger charge is 2.24. The van der Waals surface area contributed by atoms with E-state index in [2.05, 4.69) is 16.3 Å². The van der Waals surface area contributed by atoms with Crippen molar-refractivity contribution in [3.63, 3.8) is 0 Å². The zero-order valence-electron chi connectivity index (χ0n) is 12.1. The number of nitrogens with zero attached hydrogens (tertiary/aromatic N) is 3. The van der Waals surface area contributed by atoms with E-state index in [0.717, 1.165) is 36.0 Å². The number of aryl methyl sites for hydroxylation is 1. The fourth-order valence-electron chi connectivity index (χ4n) is 2.97. The Morgan fingerprint density at radius 3 is 2.77 bits per heavy atom. The molecule has 1 aromatic heterocycles. The first-order valence-electron chi connectivity index (χ1n) is 7.45. The topological polar surface area (TPSA) is 46.1 Å². The van der Waals surface area contributed by atoms with E-state index >= 15 is 0 Å². The number of carbonyl (C=O) groups is 1. The molecule has 1 aliphatic heterocycles. The van der Waals surface area contributed by atoms with Gasteiger partial charge in [0.05, 0.1) is 5.52 Å². The summed E-state index contributed by atoms with van der Waals surface area (Å²) in [6, 6.07) is 17.6. The second kappa shape index (κ2) is 5.22. The van der Waals surface area contributed by atoms with Crippen LogP contribution in [0.2, 0.25) is 0 Å². The van der Waals surface area contributed by atoms with Gasteiger partial charge in [0.2, 0.25) is 0 Å². The molecule has 0 atom stereocenters. The van der Waals surface area contributed by atoms with Gasteiger partial charge in [-0.1, -0.05) is 36.4 Å². The minimum Gasteiger partial charge on any atom is -0.307 e. The van der Waals surface area contributed by atoms with Crippen LogP contribution in [-0.4, -0.2) is 22.6 Å². The number of aromatic nitrogens is 2. The van der Waals surface area contributed by atoms with Crippen LogP contribution in [0.1, 0.15) is 22.5 Å². The third-order valence-corrected chi connectivity index (χ3v) is 4.07. The predicted octanol–water partition coefficient (Wildman–Crippen LogP) is 3.22. The Morgan fingerprint density at radius 2 is 1.82 bits per heavy atom. The number of anilines is 1. The molecule has 0 fully saturated rings. The number of para-hydroxylation sites is 1. The van der Waals surface area contributed by atoms with Gasteiger partial charge >= 0.3 is 0 Å². The quantitative estimate of drug-likeness (QED) is 0.691. The molecule has 2 aromatic carbocycles. The molecule has 0 bridgehead atoms. The summed E-state index contributed by atoms with van der Waals surface area (Å²) >= 11 is 0. The number of carbonyl (C=O) groups excluding carboxylic acids is 1. The SMILES string of the molecule is O=C(c1cc2ccccc2nn1)N1CCCc2ccccc21. The zero-order valence-corrected chi connectivity index (χ0v) is 12.1. The van der Waals surface area contributed by atoms with Crippen LogP contribution >= 0.6 is 0 Å². The molecule has 108 valence electrons. The lowest BCUT2D eigenvalue weighted by atomic mass is 10.0. The van der Waals surface area contributed by atoms with Crippen LogP contribution in [0.3, 0.4) is 0 Å². The minimum atomic E-state index is -0.0783. The molecule has 0 saturated heterocycles. The third-order valence-electron chi connectivity index (χ3n) is 4.07. The van der Waals surface area contributed by atoms with Crippen LogP contribution in [-0.2, 0) is 6.42 Å². The van der Waals surface area contributed by atoms with Gasteiger partial charge in [-0.25, -0.2) is 0 Å². The first-order valence-corrected chi connectivity index (χ1v) is 7.45. The maximum absolute atomic E-state index is 12.8. The average molecular weight is 289 g/mol. The molecular weight excluding hydrogens is 274 g/mol. The maximum Gasteiger partial charge on any atom is 0.278 e. The lowest BCUT2D eigenvalue weighted by molar-refractivity contribution is 0.0979. The van der Waals surface area contributed by atoms with Gasteiger partial charge in [-0.05, 0) is 36.6 Å². The van der Waals surface area contributed by atoms with Gasteiger partial charge in [0.15, 0.2) is 5.69 Å². The highest BCUT2D eigenvalue weighted by atomic mass is 16.2. The maximum atomic E-state index is 12.8. The molecule has 0 spiro atoms. The smallest absolute Gasteiger partial charge is 0.278 e. The van der Waals surface area contributed by atoms with Crippen molar-refractivity contribution in [3.05, 3.63) is 65.9 Å². The number of fused-ring (bicyclic) bond motifs is 2. The van der Waals surface area contributed by atoms with Crippen LogP contribution in [0.25, 0.3) is 10.9 Å². The van der Waals surface area contributed by atoms with E-state index in [0.29, 0.717) is 5.69 Å². The van der Waals surface area contributed by atoms with Crippen molar-refractivity contribution in [2.24, 2.45) is 0 Å². The van der Waals surface area contributed by atoms with Crippen molar-refractivity contribution in [2.45, 2.75) is 12.8 Å². The zero-order chi connectivity index (χ0) is 14.9. The number of hydrogen-bond donors (Lipinski definition) is 0. The Kier molecular flexibility index (Phi) is 3.07. The van der Waals surface area contributed by atoms with Crippen LogP contribution in [0.5, 0.6) is 0 Å². The second-order valence-corrected chi connectivity index (χ2v) is 5.48. The summed E-state index contributed by atoms with van der Waals surface area (Å²) in [5.74, 6) is -0.0783. The molecule has 0 aliphatic carbocycles. The Morgan fingerprint density at radius 1 is 1.00 bits per heavy atom. The molecule has 3 aromatic rings. The number of hydrogen-bond acceptors (Lipinski definition) is 3. The molecule has 1 aliphatic rings. The van der Waals surface area contributed by atoms with E-state index in [9.17, 15) is 4.79 Å². The summed E-state index contributed by atoms with van der Waals surface area (Å²) in [5, 5.41) is 9.21. The third kappa shape index (κ3) is 2.13. The minimum absolute atomic E-state index is 0.0783. The Hall–Kier alpha value is -2.75. The van der Waals surface area contributed by atoms with Gasteiger partial charge in [0.1, 0.15) is 0 Å². The normalized spacial score (nSPS) is 13.9. The molecule has 22 heavy (non-hydrogen) atoms. The average Bonchev–Trinajstić information content (AvgIpc) is 2.60. The van der Waals surface area contributed by atoms with Gasteiger partial charge in [0, 0.05) is 17.6 Å². The first-order chi connectivity index (χ1) is 10.8. The Bertz CT molecular complexity index is 860. The molecule has 4 heteroatoms. The van der Waals surface area contributed by atoms with Gasteiger partial charge in [-0.3, -0.25) is 4.79 Å². The molecule has 0 saturated carbocycles. The summed E-state index contributed by atoms with van der Waals surface area (Å²) in [4.78, 5) is 14.6. The van der Waals surface area contributed by atoms with Crippen LogP contribution in [0, 0.1) is 0 Å². The fraction of sp³-hybridized carbons (Fsp3) is 0.167.